The van der Waals surface area contributed by atoms with Crippen LogP contribution in [0.4, 0.5) is 0 Å². The van der Waals surface area contributed by atoms with E-state index in [4.69, 9.17) is 18.5 Å². The molecular weight excluding hydrogens is 692 g/mol. The number of hydrogen-bond donors (Lipinski definition) is 2. The van der Waals surface area contributed by atoms with Gasteiger partial charge in [-0.05, 0) is 137 Å². The monoisotopic (exact) mass is 742 g/mol. The Morgan fingerprint density at radius 1 is 0.722 bits per heavy atom. The lowest BCUT2D eigenvalue weighted by molar-refractivity contribution is 0.302. The van der Waals surface area contributed by atoms with Crippen molar-refractivity contribution < 1.29 is 18.5 Å². The van der Waals surface area contributed by atoms with E-state index in [1.165, 1.54) is 44.2 Å². The largest absolute Gasteiger partial charge is 0.403 e. The maximum atomic E-state index is 12.7. The van der Waals surface area contributed by atoms with Crippen LogP contribution in [0.2, 0.25) is 0 Å². The summed E-state index contributed by atoms with van der Waals surface area (Å²) in [4.78, 5) is 73.1. The van der Waals surface area contributed by atoms with Crippen LogP contribution >= 0.6 is 0 Å². The highest BCUT2D eigenvalue weighted by molar-refractivity contribution is 5.85. The van der Waals surface area contributed by atoms with Gasteiger partial charge in [-0.15, -0.1) is 0 Å². The first-order valence-corrected chi connectivity index (χ1v) is 19.6. The summed E-state index contributed by atoms with van der Waals surface area (Å²) in [7, 11) is 0. The minimum Gasteiger partial charge on any atom is -0.403 e. The molecule has 4 heterocycles. The van der Waals surface area contributed by atoms with Crippen molar-refractivity contribution in [1.29, 1.82) is 0 Å². The average molecular weight is 743 g/mol. The van der Waals surface area contributed by atoms with Gasteiger partial charge in [0.25, 0.3) is 11.1 Å². The Labute approximate surface area is 311 Å². The number of aromatic amines is 2. The maximum absolute atomic E-state index is 12.7. The molecule has 0 aliphatic heterocycles. The SMILES string of the molecule is CC(C)CCc1cc(=O)oc2nc(ON=C3CCCCC3)[nH]c(=O)c12.CC1(CCCc2cc(=O)oc3nc(ON=C4CCC5(CC4)CC5)[nH]c(=O)c23)CC1. The number of oxime groups is 2. The molecule has 0 radical (unpaired) electrons. The molecule has 0 atom stereocenters. The second kappa shape index (κ2) is 15.8. The highest BCUT2D eigenvalue weighted by Crippen LogP contribution is 2.55. The summed E-state index contributed by atoms with van der Waals surface area (Å²) in [6, 6.07) is 2.68. The number of nitrogens with zero attached hydrogens (tertiary/aromatic N) is 4. The number of aryl methyl sites for hydroxylation is 2. The van der Waals surface area contributed by atoms with Crippen molar-refractivity contribution in [2.24, 2.45) is 27.1 Å². The standard InChI is InChI=1S/C22H27N3O4.C18H23N3O4/c1-21(9-10-21)6-2-3-14-13-16(26)28-19-17(14)18(27)23-20(24-19)29-25-15-4-7-22(8-5-15)11-12-22;1-11(2)8-9-12-10-14(22)24-17-15(12)16(23)19-18(20-17)25-21-13-6-4-3-5-7-13/h13H,2-12H2,1H3,(H,23,24,27);10-11H,3-9H2,1-2H3,(H,19,20,23). The van der Waals surface area contributed by atoms with E-state index in [2.05, 4.69) is 51.0 Å². The Bertz CT molecular complexity index is 2290. The zero-order valence-corrected chi connectivity index (χ0v) is 31.5. The van der Waals surface area contributed by atoms with E-state index in [1.54, 1.807) is 0 Å². The average Bonchev–Trinajstić information content (AvgIpc) is 4.07. The van der Waals surface area contributed by atoms with E-state index in [0.717, 1.165) is 82.1 Å². The summed E-state index contributed by atoms with van der Waals surface area (Å²) in [6.45, 7) is 6.46. The predicted octanol–water partition coefficient (Wildman–Crippen LogP) is 7.25. The van der Waals surface area contributed by atoms with E-state index in [1.807, 2.05) is 0 Å². The van der Waals surface area contributed by atoms with Crippen LogP contribution in [0.5, 0.6) is 12.0 Å². The van der Waals surface area contributed by atoms with Crippen LogP contribution in [0.1, 0.15) is 135 Å². The van der Waals surface area contributed by atoms with Crippen molar-refractivity contribution in [3.63, 3.8) is 0 Å². The van der Waals surface area contributed by atoms with Gasteiger partial charge in [0.15, 0.2) is 0 Å². The van der Waals surface area contributed by atoms with E-state index in [-0.39, 0.29) is 34.6 Å². The molecule has 288 valence electrons. The lowest BCUT2D eigenvalue weighted by atomic mass is 9.85. The fraction of sp³-hybridized carbons (Fsp3) is 0.600. The molecule has 14 heteroatoms. The fourth-order valence-corrected chi connectivity index (χ4v) is 7.46. The molecule has 0 saturated heterocycles. The summed E-state index contributed by atoms with van der Waals surface area (Å²) in [5.74, 6) is 0.461. The van der Waals surface area contributed by atoms with Gasteiger partial charge in [0.05, 0.1) is 11.4 Å². The van der Waals surface area contributed by atoms with Gasteiger partial charge in [0.2, 0.25) is 11.4 Å². The second-order valence-corrected chi connectivity index (χ2v) is 16.4. The van der Waals surface area contributed by atoms with E-state index >= 15 is 0 Å². The number of nitrogens with one attached hydrogen (secondary N) is 2. The van der Waals surface area contributed by atoms with Crippen molar-refractivity contribution >= 4 is 33.6 Å². The van der Waals surface area contributed by atoms with Gasteiger partial charge >= 0.3 is 23.3 Å². The van der Waals surface area contributed by atoms with Crippen LogP contribution in [0.25, 0.3) is 22.2 Å². The molecular formula is C40H50N6O8. The minimum atomic E-state index is -0.520. The first kappa shape index (κ1) is 37.4. The molecule has 0 aromatic carbocycles. The maximum Gasteiger partial charge on any atom is 0.337 e. The Balaban J connectivity index is 0.000000169. The van der Waals surface area contributed by atoms with Crippen LogP contribution in [0.15, 0.2) is 50.5 Å². The Morgan fingerprint density at radius 2 is 1.24 bits per heavy atom. The van der Waals surface area contributed by atoms with Crippen molar-refractivity contribution in [2.75, 3.05) is 0 Å². The van der Waals surface area contributed by atoms with Crippen LogP contribution < -0.4 is 32.0 Å². The molecule has 54 heavy (non-hydrogen) atoms. The number of aromatic nitrogens is 4. The Morgan fingerprint density at radius 3 is 1.74 bits per heavy atom. The number of fused-ring (bicyclic) bond motifs is 2. The number of H-pyrrole nitrogens is 2. The lowest BCUT2D eigenvalue weighted by Crippen LogP contribution is -2.17. The molecule has 0 unspecified atom stereocenters. The molecule has 8 rings (SSSR count). The van der Waals surface area contributed by atoms with Crippen LogP contribution in [0, 0.1) is 16.7 Å². The van der Waals surface area contributed by atoms with Crippen molar-refractivity contribution in [3.8, 4) is 12.0 Å². The van der Waals surface area contributed by atoms with Gasteiger partial charge in [-0.25, -0.2) is 9.59 Å². The Kier molecular flexibility index (Phi) is 11.0. The molecule has 14 nitrogen and oxygen atoms in total. The molecule has 4 saturated carbocycles. The molecule has 4 aromatic rings. The number of rotatable bonds is 11. The van der Waals surface area contributed by atoms with Gasteiger partial charge in [-0.1, -0.05) is 37.5 Å². The van der Waals surface area contributed by atoms with E-state index < -0.39 is 11.3 Å². The topological polar surface area (TPSA) is 195 Å². The third-order valence-electron chi connectivity index (χ3n) is 11.5. The predicted molar refractivity (Wildman–Crippen MR) is 205 cm³/mol. The van der Waals surface area contributed by atoms with Crippen LogP contribution in [0.3, 0.4) is 0 Å². The van der Waals surface area contributed by atoms with Crippen LogP contribution in [-0.4, -0.2) is 31.4 Å². The molecule has 4 aliphatic rings. The highest BCUT2D eigenvalue weighted by Gasteiger charge is 2.44. The van der Waals surface area contributed by atoms with E-state index in [9.17, 15) is 19.2 Å². The van der Waals surface area contributed by atoms with Crippen molar-refractivity contribution in [1.82, 2.24) is 19.9 Å². The van der Waals surface area contributed by atoms with Crippen LogP contribution in [-0.2, 0) is 12.8 Å². The summed E-state index contributed by atoms with van der Waals surface area (Å²) in [5, 5.41) is 8.89. The van der Waals surface area contributed by atoms with Gasteiger partial charge < -0.3 is 18.5 Å². The summed E-state index contributed by atoms with van der Waals surface area (Å²) >= 11 is 0. The zero-order chi connectivity index (χ0) is 37.9. The fourth-order valence-electron chi connectivity index (χ4n) is 7.46. The molecule has 4 aromatic heterocycles. The lowest BCUT2D eigenvalue weighted by Gasteiger charge is -2.21. The molecule has 4 fully saturated rings. The van der Waals surface area contributed by atoms with Gasteiger partial charge in [0, 0.05) is 12.1 Å². The minimum absolute atomic E-state index is 0.00569. The third-order valence-corrected chi connectivity index (χ3v) is 11.5. The molecule has 1 spiro atoms. The first-order valence-electron chi connectivity index (χ1n) is 19.6. The zero-order valence-electron chi connectivity index (χ0n) is 31.5. The third kappa shape index (κ3) is 9.43. The van der Waals surface area contributed by atoms with E-state index in [0.29, 0.717) is 51.5 Å². The first-order chi connectivity index (χ1) is 26.0. The van der Waals surface area contributed by atoms with Gasteiger partial charge in [-0.3, -0.25) is 19.6 Å². The normalized spacial score (nSPS) is 18.4. The molecule has 2 N–H and O–H groups in total. The number of hydrogen-bond acceptors (Lipinski definition) is 12. The summed E-state index contributed by atoms with van der Waals surface area (Å²) in [6.07, 6.45) is 18.7. The second-order valence-electron chi connectivity index (χ2n) is 16.4. The van der Waals surface area contributed by atoms with Gasteiger partial charge in [-0.2, -0.15) is 9.97 Å². The van der Waals surface area contributed by atoms with Crippen molar-refractivity contribution in [3.05, 3.63) is 64.8 Å². The van der Waals surface area contributed by atoms with Gasteiger partial charge in [0.1, 0.15) is 10.8 Å². The smallest absolute Gasteiger partial charge is 0.337 e. The molecule has 4 aliphatic carbocycles. The quantitative estimate of drug-likeness (QED) is 0.148. The summed E-state index contributed by atoms with van der Waals surface area (Å²) < 4.78 is 10.3. The molecule has 0 bridgehead atoms. The molecule has 0 amide bonds. The Hall–Kier alpha value is -4.88. The summed E-state index contributed by atoms with van der Waals surface area (Å²) in [5.41, 5.74) is 2.57. The van der Waals surface area contributed by atoms with Crippen molar-refractivity contribution in [2.45, 2.75) is 136 Å². The highest BCUT2D eigenvalue weighted by atomic mass is 16.6.